The highest BCUT2D eigenvalue weighted by molar-refractivity contribution is 6.31. The fraction of sp³-hybridized carbons (Fsp3) is 0.250. The SMILES string of the molecule is CCOC(=O)C1=Cc2cc(Cl)c(Cc3ccc(F)c(F)c3)cc2OC1C(F)(F)F. The summed E-state index contributed by atoms with van der Waals surface area (Å²) in [5.41, 5.74) is 0.214. The first-order valence-corrected chi connectivity index (χ1v) is 8.86. The average molecular weight is 433 g/mol. The number of benzene rings is 2. The number of carbonyl (C=O) groups is 1. The third-order valence-electron chi connectivity index (χ3n) is 4.20. The summed E-state index contributed by atoms with van der Waals surface area (Å²) in [6.45, 7) is 1.38. The Morgan fingerprint density at radius 3 is 2.52 bits per heavy atom. The maximum Gasteiger partial charge on any atom is 0.430 e. The smallest absolute Gasteiger partial charge is 0.430 e. The van der Waals surface area contributed by atoms with E-state index in [1.165, 1.54) is 25.1 Å². The number of ether oxygens (including phenoxy) is 2. The molecular weight excluding hydrogens is 419 g/mol. The number of fused-ring (bicyclic) bond motifs is 1. The fourth-order valence-electron chi connectivity index (χ4n) is 2.89. The zero-order valence-electron chi connectivity index (χ0n) is 14.9. The van der Waals surface area contributed by atoms with E-state index in [1.807, 2.05) is 0 Å². The largest absolute Gasteiger partial charge is 0.475 e. The second-order valence-electron chi connectivity index (χ2n) is 6.27. The van der Waals surface area contributed by atoms with E-state index < -0.39 is 35.5 Å². The molecule has 29 heavy (non-hydrogen) atoms. The molecule has 9 heteroatoms. The number of halogens is 6. The molecule has 1 unspecified atom stereocenters. The average Bonchev–Trinajstić information content (AvgIpc) is 2.64. The summed E-state index contributed by atoms with van der Waals surface area (Å²) in [7, 11) is 0. The first-order chi connectivity index (χ1) is 13.6. The number of carbonyl (C=O) groups excluding carboxylic acids is 1. The van der Waals surface area contributed by atoms with Crippen molar-refractivity contribution in [3.63, 3.8) is 0 Å². The quantitative estimate of drug-likeness (QED) is 0.474. The fourth-order valence-corrected chi connectivity index (χ4v) is 3.13. The van der Waals surface area contributed by atoms with Crippen LogP contribution in [0.1, 0.15) is 23.6 Å². The van der Waals surface area contributed by atoms with Crippen molar-refractivity contribution in [1.29, 1.82) is 0 Å². The Balaban J connectivity index is 2.00. The van der Waals surface area contributed by atoms with E-state index in [0.717, 1.165) is 18.2 Å². The number of hydrogen-bond acceptors (Lipinski definition) is 3. The van der Waals surface area contributed by atoms with Crippen LogP contribution in [0.2, 0.25) is 5.02 Å². The van der Waals surface area contributed by atoms with Crippen molar-refractivity contribution in [1.82, 2.24) is 0 Å². The molecule has 0 fully saturated rings. The van der Waals surface area contributed by atoms with Crippen LogP contribution in [0.3, 0.4) is 0 Å². The minimum Gasteiger partial charge on any atom is -0.475 e. The van der Waals surface area contributed by atoms with Crippen LogP contribution in [0.25, 0.3) is 6.08 Å². The van der Waals surface area contributed by atoms with Crippen molar-refractivity contribution < 1.29 is 36.2 Å². The van der Waals surface area contributed by atoms with Crippen LogP contribution < -0.4 is 4.74 Å². The molecule has 154 valence electrons. The van der Waals surface area contributed by atoms with Crippen LogP contribution in [0, 0.1) is 11.6 Å². The van der Waals surface area contributed by atoms with Crippen LogP contribution in [0.15, 0.2) is 35.9 Å². The molecule has 1 aliphatic heterocycles. The summed E-state index contributed by atoms with van der Waals surface area (Å²) in [4.78, 5) is 11.9. The minimum absolute atomic E-state index is 0.0395. The van der Waals surface area contributed by atoms with Crippen molar-refractivity contribution in [2.45, 2.75) is 25.6 Å². The van der Waals surface area contributed by atoms with Gasteiger partial charge in [-0.25, -0.2) is 13.6 Å². The van der Waals surface area contributed by atoms with Gasteiger partial charge in [-0.2, -0.15) is 13.2 Å². The Morgan fingerprint density at radius 2 is 1.90 bits per heavy atom. The molecule has 1 heterocycles. The molecule has 0 spiro atoms. The maximum atomic E-state index is 13.4. The first kappa shape index (κ1) is 21.1. The van der Waals surface area contributed by atoms with Crippen LogP contribution >= 0.6 is 11.6 Å². The second kappa shape index (κ2) is 8.02. The van der Waals surface area contributed by atoms with E-state index >= 15 is 0 Å². The molecule has 0 saturated carbocycles. The van der Waals surface area contributed by atoms with E-state index in [0.29, 0.717) is 11.1 Å². The monoisotopic (exact) mass is 432 g/mol. The van der Waals surface area contributed by atoms with Gasteiger partial charge in [-0.15, -0.1) is 0 Å². The van der Waals surface area contributed by atoms with Crippen LogP contribution in [0.4, 0.5) is 22.0 Å². The summed E-state index contributed by atoms with van der Waals surface area (Å²) in [6.07, 6.45) is -6.28. The Labute approximate surface area is 167 Å². The van der Waals surface area contributed by atoms with Gasteiger partial charge in [-0.3, -0.25) is 0 Å². The summed E-state index contributed by atoms with van der Waals surface area (Å²) in [5.74, 6) is -3.34. The van der Waals surface area contributed by atoms with Crippen LogP contribution in [-0.2, 0) is 16.0 Å². The number of rotatable bonds is 4. The van der Waals surface area contributed by atoms with Gasteiger partial charge in [0.15, 0.2) is 11.6 Å². The molecule has 1 atom stereocenters. The van der Waals surface area contributed by atoms with Gasteiger partial charge in [0.25, 0.3) is 0 Å². The lowest BCUT2D eigenvalue weighted by atomic mass is 9.97. The first-order valence-electron chi connectivity index (χ1n) is 8.48. The van der Waals surface area contributed by atoms with Gasteiger partial charge in [0.1, 0.15) is 5.75 Å². The van der Waals surface area contributed by atoms with Gasteiger partial charge < -0.3 is 9.47 Å². The van der Waals surface area contributed by atoms with Crippen molar-refractivity contribution in [2.75, 3.05) is 6.61 Å². The molecule has 2 aromatic rings. The Bertz CT molecular complexity index is 985. The van der Waals surface area contributed by atoms with Gasteiger partial charge in [-0.1, -0.05) is 17.7 Å². The second-order valence-corrected chi connectivity index (χ2v) is 6.67. The lowest BCUT2D eigenvalue weighted by Crippen LogP contribution is -2.40. The predicted octanol–water partition coefficient (Wildman–Crippen LogP) is 5.48. The molecular formula is C20H14ClF5O3. The Hall–Kier alpha value is -2.61. The summed E-state index contributed by atoms with van der Waals surface area (Å²) < 4.78 is 76.5. The topological polar surface area (TPSA) is 35.5 Å². The van der Waals surface area contributed by atoms with Gasteiger partial charge in [0.05, 0.1) is 12.2 Å². The van der Waals surface area contributed by atoms with Crippen molar-refractivity contribution in [3.05, 3.63) is 69.3 Å². The molecule has 0 aliphatic carbocycles. The number of hydrogen-bond donors (Lipinski definition) is 0. The highest BCUT2D eigenvalue weighted by Crippen LogP contribution is 2.40. The highest BCUT2D eigenvalue weighted by Gasteiger charge is 2.48. The standard InChI is InChI=1S/C20H14ClF5O3/c1-2-28-19(27)13-7-12-8-14(21)11(5-10-3-4-15(22)16(23)6-10)9-17(12)29-18(13)20(24,25)26/h3-4,6-9,18H,2,5H2,1H3. The normalized spacial score (nSPS) is 16.0. The van der Waals surface area contributed by atoms with Gasteiger partial charge in [-0.05, 0) is 54.8 Å². The molecule has 0 amide bonds. The van der Waals surface area contributed by atoms with E-state index in [1.54, 1.807) is 0 Å². The van der Waals surface area contributed by atoms with E-state index in [9.17, 15) is 26.7 Å². The van der Waals surface area contributed by atoms with Crippen molar-refractivity contribution in [2.24, 2.45) is 0 Å². The Morgan fingerprint density at radius 1 is 1.17 bits per heavy atom. The van der Waals surface area contributed by atoms with Gasteiger partial charge in [0, 0.05) is 10.6 Å². The highest BCUT2D eigenvalue weighted by atomic mass is 35.5. The third kappa shape index (κ3) is 4.53. The molecule has 3 rings (SSSR count). The third-order valence-corrected chi connectivity index (χ3v) is 4.56. The molecule has 0 bridgehead atoms. The minimum atomic E-state index is -4.85. The summed E-state index contributed by atoms with van der Waals surface area (Å²) >= 11 is 6.21. The lowest BCUT2D eigenvalue weighted by Gasteiger charge is -2.28. The lowest BCUT2D eigenvalue weighted by molar-refractivity contribution is -0.187. The zero-order valence-corrected chi connectivity index (χ0v) is 15.7. The van der Waals surface area contributed by atoms with E-state index in [-0.39, 0.29) is 29.4 Å². The molecule has 1 aliphatic rings. The molecule has 0 saturated heterocycles. The molecule has 2 aromatic carbocycles. The number of esters is 1. The molecule has 0 N–H and O–H groups in total. The number of alkyl halides is 3. The van der Waals surface area contributed by atoms with Gasteiger partial charge in [0.2, 0.25) is 6.10 Å². The molecule has 0 aromatic heterocycles. The van der Waals surface area contributed by atoms with Crippen molar-refractivity contribution >= 4 is 23.6 Å². The predicted molar refractivity (Wildman–Crippen MR) is 95.7 cm³/mol. The van der Waals surface area contributed by atoms with Crippen molar-refractivity contribution in [3.8, 4) is 5.75 Å². The zero-order chi connectivity index (χ0) is 21.3. The molecule has 3 nitrogen and oxygen atoms in total. The van der Waals surface area contributed by atoms with Crippen LogP contribution in [-0.4, -0.2) is 24.9 Å². The van der Waals surface area contributed by atoms with Gasteiger partial charge >= 0.3 is 12.1 Å². The molecule has 0 radical (unpaired) electrons. The van der Waals surface area contributed by atoms with Crippen LogP contribution in [0.5, 0.6) is 5.75 Å². The Kier molecular flexibility index (Phi) is 5.84. The maximum absolute atomic E-state index is 13.4. The van der Waals surface area contributed by atoms with E-state index in [2.05, 4.69) is 4.74 Å². The summed E-state index contributed by atoms with van der Waals surface area (Å²) in [5, 5.41) is 0.169. The summed E-state index contributed by atoms with van der Waals surface area (Å²) in [6, 6.07) is 5.89. The van der Waals surface area contributed by atoms with E-state index in [4.69, 9.17) is 16.3 Å².